The molecule has 0 saturated heterocycles. The molecule has 0 unspecified atom stereocenters. The van der Waals surface area contributed by atoms with Gasteiger partial charge in [-0.2, -0.15) is 0 Å². The van der Waals surface area contributed by atoms with Crippen molar-refractivity contribution in [3.05, 3.63) is 17.6 Å². The maximum Gasteiger partial charge on any atom is 0.144 e. The summed E-state index contributed by atoms with van der Waals surface area (Å²) in [6.45, 7) is 5.05. The summed E-state index contributed by atoms with van der Waals surface area (Å²) >= 11 is 1.57. The van der Waals surface area contributed by atoms with Crippen molar-refractivity contribution in [2.75, 3.05) is 18.9 Å². The number of nitrogens with zero attached hydrogens (tertiary/aromatic N) is 1. The Bertz CT molecular complexity index is 496. The average Bonchev–Trinajstić information content (AvgIpc) is 2.75. The number of nitrogen functional groups attached to an aromatic ring is 1. The number of aromatic nitrogens is 1. The van der Waals surface area contributed by atoms with Crippen LogP contribution in [0.1, 0.15) is 13.8 Å². The number of benzene rings is 1. The number of ether oxygens (including phenoxy) is 2. The highest BCUT2D eigenvalue weighted by atomic mass is 32.1. The first-order valence-corrected chi connectivity index (χ1v) is 6.42. The summed E-state index contributed by atoms with van der Waals surface area (Å²) in [5.74, 6) is 0.677. The lowest BCUT2D eigenvalue weighted by atomic mass is 10.2. The lowest BCUT2D eigenvalue weighted by Crippen LogP contribution is -2.11. The predicted molar refractivity (Wildman–Crippen MR) is 70.6 cm³/mol. The Hall–Kier alpha value is -1.33. The largest absolute Gasteiger partial charge is 0.489 e. The zero-order valence-electron chi connectivity index (χ0n) is 9.97. The molecule has 4 nitrogen and oxygen atoms in total. The van der Waals surface area contributed by atoms with Gasteiger partial charge in [0.1, 0.15) is 23.6 Å². The van der Waals surface area contributed by atoms with Gasteiger partial charge in [0.05, 0.1) is 22.9 Å². The highest BCUT2D eigenvalue weighted by Crippen LogP contribution is 2.31. The molecule has 2 rings (SSSR count). The average molecular weight is 252 g/mol. The maximum atomic E-state index is 5.98. The number of thiazole rings is 1. The summed E-state index contributed by atoms with van der Waals surface area (Å²) in [5, 5.41) is 0. The predicted octanol–water partition coefficient (Wildman–Crippen LogP) is 2.68. The van der Waals surface area contributed by atoms with Crippen LogP contribution in [0.4, 0.5) is 5.69 Å². The number of hydrogen-bond donors (Lipinski definition) is 1. The van der Waals surface area contributed by atoms with Crippen molar-refractivity contribution in [2.24, 2.45) is 0 Å². The second kappa shape index (κ2) is 5.33. The molecule has 2 N–H and O–H groups in total. The summed E-state index contributed by atoms with van der Waals surface area (Å²) in [4.78, 5) is 4.22. The van der Waals surface area contributed by atoms with Crippen molar-refractivity contribution in [2.45, 2.75) is 20.0 Å². The minimum Gasteiger partial charge on any atom is -0.489 e. The van der Waals surface area contributed by atoms with E-state index in [1.165, 1.54) is 0 Å². The molecule has 17 heavy (non-hydrogen) atoms. The van der Waals surface area contributed by atoms with Crippen molar-refractivity contribution in [1.82, 2.24) is 4.98 Å². The van der Waals surface area contributed by atoms with Crippen LogP contribution in [0, 0.1) is 0 Å². The molecule has 2 aromatic rings. The van der Waals surface area contributed by atoms with E-state index in [1.807, 2.05) is 26.0 Å². The highest BCUT2D eigenvalue weighted by molar-refractivity contribution is 7.16. The molecule has 0 atom stereocenters. The molecule has 0 spiro atoms. The molecule has 0 amide bonds. The summed E-state index contributed by atoms with van der Waals surface area (Å²) in [7, 11) is 0. The number of nitrogens with two attached hydrogens (primary N) is 1. The third kappa shape index (κ3) is 2.87. The van der Waals surface area contributed by atoms with Gasteiger partial charge in [0.25, 0.3) is 0 Å². The smallest absolute Gasteiger partial charge is 0.144 e. The molecule has 5 heteroatoms. The minimum absolute atomic E-state index is 0.219. The number of rotatable bonds is 5. The Morgan fingerprint density at radius 2 is 2.18 bits per heavy atom. The van der Waals surface area contributed by atoms with Crippen molar-refractivity contribution < 1.29 is 9.47 Å². The molecule has 1 aromatic carbocycles. The first kappa shape index (κ1) is 12.1. The van der Waals surface area contributed by atoms with Gasteiger partial charge in [-0.15, -0.1) is 11.3 Å². The molecular formula is C12H16N2O2S. The van der Waals surface area contributed by atoms with E-state index in [1.54, 1.807) is 16.8 Å². The van der Waals surface area contributed by atoms with Crippen LogP contribution in [-0.2, 0) is 4.74 Å². The van der Waals surface area contributed by atoms with Crippen LogP contribution in [0.25, 0.3) is 10.2 Å². The Morgan fingerprint density at radius 1 is 1.35 bits per heavy atom. The SMILES string of the molecule is CC(C)OCCOc1ccc2scnc2c1N. The van der Waals surface area contributed by atoms with E-state index in [0.717, 1.165) is 10.2 Å². The molecule has 92 valence electrons. The van der Waals surface area contributed by atoms with Gasteiger partial charge < -0.3 is 15.2 Å². The Morgan fingerprint density at radius 3 is 2.94 bits per heavy atom. The molecule has 0 bridgehead atoms. The van der Waals surface area contributed by atoms with Crippen LogP contribution >= 0.6 is 11.3 Å². The lowest BCUT2D eigenvalue weighted by Gasteiger charge is -2.11. The molecule has 0 saturated carbocycles. The number of hydrogen-bond acceptors (Lipinski definition) is 5. The summed E-state index contributed by atoms with van der Waals surface area (Å²) in [6.07, 6.45) is 0.219. The zero-order valence-corrected chi connectivity index (χ0v) is 10.8. The van der Waals surface area contributed by atoms with Crippen LogP contribution in [0.15, 0.2) is 17.6 Å². The number of anilines is 1. The topological polar surface area (TPSA) is 57.4 Å². The Labute approximate surface area is 104 Å². The van der Waals surface area contributed by atoms with Crippen molar-refractivity contribution in [1.29, 1.82) is 0 Å². The van der Waals surface area contributed by atoms with Crippen molar-refractivity contribution in [3.63, 3.8) is 0 Å². The monoisotopic (exact) mass is 252 g/mol. The van der Waals surface area contributed by atoms with E-state index in [-0.39, 0.29) is 6.10 Å². The molecule has 0 fully saturated rings. The molecule has 1 heterocycles. The second-order valence-corrected chi connectivity index (χ2v) is 4.83. The van der Waals surface area contributed by atoms with E-state index >= 15 is 0 Å². The van der Waals surface area contributed by atoms with Crippen LogP contribution < -0.4 is 10.5 Å². The quantitative estimate of drug-likeness (QED) is 0.656. The molecular weight excluding hydrogens is 236 g/mol. The van der Waals surface area contributed by atoms with Gasteiger partial charge >= 0.3 is 0 Å². The van der Waals surface area contributed by atoms with Gasteiger partial charge in [-0.05, 0) is 26.0 Å². The fraction of sp³-hybridized carbons (Fsp3) is 0.417. The highest BCUT2D eigenvalue weighted by Gasteiger charge is 2.07. The third-order valence-electron chi connectivity index (χ3n) is 2.29. The molecule has 0 aliphatic carbocycles. The van der Waals surface area contributed by atoms with E-state index in [0.29, 0.717) is 24.7 Å². The van der Waals surface area contributed by atoms with Gasteiger partial charge in [0.15, 0.2) is 0 Å². The third-order valence-corrected chi connectivity index (χ3v) is 3.09. The molecule has 0 radical (unpaired) electrons. The standard InChI is InChI=1S/C12H16N2O2S/c1-8(2)15-5-6-16-9-3-4-10-12(11(9)13)14-7-17-10/h3-4,7-8H,5-6,13H2,1-2H3. The molecule has 0 aliphatic rings. The maximum absolute atomic E-state index is 5.98. The fourth-order valence-electron chi connectivity index (χ4n) is 1.49. The Balaban J connectivity index is 2.01. The van der Waals surface area contributed by atoms with E-state index in [2.05, 4.69) is 4.98 Å². The van der Waals surface area contributed by atoms with E-state index < -0.39 is 0 Å². The van der Waals surface area contributed by atoms with E-state index in [4.69, 9.17) is 15.2 Å². The first-order chi connectivity index (χ1) is 8.18. The summed E-state index contributed by atoms with van der Waals surface area (Å²) in [6, 6.07) is 3.85. The normalized spacial score (nSPS) is 11.2. The first-order valence-electron chi connectivity index (χ1n) is 5.54. The minimum atomic E-state index is 0.219. The van der Waals surface area contributed by atoms with Crippen molar-refractivity contribution in [3.8, 4) is 5.75 Å². The van der Waals surface area contributed by atoms with Crippen LogP contribution in [0.3, 0.4) is 0 Å². The summed E-state index contributed by atoms with van der Waals surface area (Å²) in [5.41, 5.74) is 9.19. The second-order valence-electron chi connectivity index (χ2n) is 3.94. The lowest BCUT2D eigenvalue weighted by molar-refractivity contribution is 0.0554. The fourth-order valence-corrected chi connectivity index (χ4v) is 2.19. The van der Waals surface area contributed by atoms with Gasteiger partial charge in [-0.3, -0.25) is 0 Å². The van der Waals surface area contributed by atoms with Gasteiger partial charge in [-0.25, -0.2) is 4.98 Å². The van der Waals surface area contributed by atoms with Crippen molar-refractivity contribution >= 4 is 27.2 Å². The Kier molecular flexibility index (Phi) is 3.81. The van der Waals surface area contributed by atoms with Crippen LogP contribution in [0.5, 0.6) is 5.75 Å². The van der Waals surface area contributed by atoms with Gasteiger partial charge in [-0.1, -0.05) is 0 Å². The molecule has 0 aliphatic heterocycles. The van der Waals surface area contributed by atoms with Crippen LogP contribution in [0.2, 0.25) is 0 Å². The van der Waals surface area contributed by atoms with Gasteiger partial charge in [0, 0.05) is 0 Å². The number of fused-ring (bicyclic) bond motifs is 1. The van der Waals surface area contributed by atoms with E-state index in [9.17, 15) is 0 Å². The van der Waals surface area contributed by atoms with Gasteiger partial charge in [0.2, 0.25) is 0 Å². The molecule has 1 aromatic heterocycles. The zero-order chi connectivity index (χ0) is 12.3. The van der Waals surface area contributed by atoms with Crippen LogP contribution in [-0.4, -0.2) is 24.3 Å². The summed E-state index contributed by atoms with van der Waals surface area (Å²) < 4.78 is 12.1.